The van der Waals surface area contributed by atoms with Gasteiger partial charge in [-0.1, -0.05) is 6.08 Å². The number of carbonyl (C=O) groups excluding carboxylic acids is 1. The van der Waals surface area contributed by atoms with Crippen LogP contribution in [0, 0.1) is 0 Å². The molecule has 4 nitrogen and oxygen atoms in total. The first-order valence-electron chi connectivity index (χ1n) is 4.56. The monoisotopic (exact) mass is 184 g/mol. The van der Waals surface area contributed by atoms with E-state index in [1.807, 2.05) is 0 Å². The summed E-state index contributed by atoms with van der Waals surface area (Å²) in [6, 6.07) is -0.504. The maximum absolute atomic E-state index is 11.5. The second kappa shape index (κ2) is 4.99. The highest BCUT2D eigenvalue weighted by Gasteiger charge is 2.22. The zero-order valence-electron chi connectivity index (χ0n) is 7.74. The highest BCUT2D eigenvalue weighted by molar-refractivity contribution is 5.80. The van der Waals surface area contributed by atoms with Crippen LogP contribution in [0.15, 0.2) is 12.7 Å². The minimum absolute atomic E-state index is 0.139. The van der Waals surface area contributed by atoms with Gasteiger partial charge in [0, 0.05) is 6.54 Å². The molecule has 0 aliphatic carbocycles. The van der Waals surface area contributed by atoms with Crippen molar-refractivity contribution < 1.29 is 9.63 Å². The molecule has 0 bridgehead atoms. The van der Waals surface area contributed by atoms with E-state index >= 15 is 0 Å². The molecule has 1 aliphatic heterocycles. The lowest BCUT2D eigenvalue weighted by molar-refractivity contribution is -0.198. The number of nitrogens with zero attached hydrogens (tertiary/aromatic N) is 1. The van der Waals surface area contributed by atoms with E-state index in [2.05, 4.69) is 6.58 Å². The van der Waals surface area contributed by atoms with Gasteiger partial charge in [-0.05, 0) is 19.3 Å². The molecule has 0 aromatic carbocycles. The molecule has 0 aromatic heterocycles. The number of hydrogen-bond acceptors (Lipinski definition) is 3. The molecule has 1 atom stereocenters. The fourth-order valence-electron chi connectivity index (χ4n) is 1.24. The van der Waals surface area contributed by atoms with Gasteiger partial charge in [0.2, 0.25) is 0 Å². The van der Waals surface area contributed by atoms with Crippen molar-refractivity contribution in [2.24, 2.45) is 5.73 Å². The Bertz CT molecular complexity index is 188. The predicted molar refractivity (Wildman–Crippen MR) is 49.7 cm³/mol. The molecule has 2 N–H and O–H groups in total. The Labute approximate surface area is 78.3 Å². The van der Waals surface area contributed by atoms with Gasteiger partial charge in [0.1, 0.15) is 0 Å². The van der Waals surface area contributed by atoms with Gasteiger partial charge in [-0.15, -0.1) is 6.58 Å². The normalized spacial score (nSPS) is 19.6. The van der Waals surface area contributed by atoms with Gasteiger partial charge >= 0.3 is 0 Å². The second-order valence-electron chi connectivity index (χ2n) is 3.11. The van der Waals surface area contributed by atoms with Gasteiger partial charge in [-0.3, -0.25) is 9.63 Å². The molecule has 0 spiro atoms. The van der Waals surface area contributed by atoms with Crippen molar-refractivity contribution in [3.63, 3.8) is 0 Å². The summed E-state index contributed by atoms with van der Waals surface area (Å²) in [7, 11) is 0. The van der Waals surface area contributed by atoms with E-state index in [9.17, 15) is 4.79 Å². The van der Waals surface area contributed by atoms with Gasteiger partial charge < -0.3 is 5.73 Å². The summed E-state index contributed by atoms with van der Waals surface area (Å²) >= 11 is 0. The van der Waals surface area contributed by atoms with Gasteiger partial charge in [0.25, 0.3) is 5.91 Å². The van der Waals surface area contributed by atoms with Gasteiger partial charge in [0.15, 0.2) is 0 Å². The molecular weight excluding hydrogens is 168 g/mol. The molecule has 1 saturated heterocycles. The largest absolute Gasteiger partial charge is 0.320 e. The summed E-state index contributed by atoms with van der Waals surface area (Å²) in [6.45, 7) is 4.81. The molecular formula is C9H16N2O2. The Kier molecular flexibility index (Phi) is 3.92. The lowest BCUT2D eigenvalue weighted by Crippen LogP contribution is -2.45. The lowest BCUT2D eigenvalue weighted by Gasteiger charge is -2.27. The average Bonchev–Trinajstić information content (AvgIpc) is 2.18. The Morgan fingerprint density at radius 2 is 2.46 bits per heavy atom. The number of rotatable bonds is 3. The third-order valence-electron chi connectivity index (χ3n) is 1.99. The van der Waals surface area contributed by atoms with E-state index in [4.69, 9.17) is 10.6 Å². The van der Waals surface area contributed by atoms with Crippen molar-refractivity contribution >= 4 is 5.91 Å². The standard InChI is InChI=1S/C9H16N2O2/c1-2-5-8(10)9(12)11-6-3-4-7-13-11/h2,8H,1,3-7,10H2. The average molecular weight is 184 g/mol. The molecule has 1 unspecified atom stereocenters. The topological polar surface area (TPSA) is 55.6 Å². The van der Waals surface area contributed by atoms with Crippen LogP contribution < -0.4 is 5.73 Å². The van der Waals surface area contributed by atoms with Gasteiger partial charge in [0.05, 0.1) is 12.6 Å². The third-order valence-corrected chi connectivity index (χ3v) is 1.99. The van der Waals surface area contributed by atoms with Crippen molar-refractivity contribution in [1.82, 2.24) is 5.06 Å². The number of hydroxylamine groups is 2. The highest BCUT2D eigenvalue weighted by atomic mass is 16.7. The molecule has 1 aliphatic rings. The van der Waals surface area contributed by atoms with Crippen molar-refractivity contribution in [1.29, 1.82) is 0 Å². The number of amides is 1. The first-order chi connectivity index (χ1) is 6.25. The Morgan fingerprint density at radius 3 is 3.00 bits per heavy atom. The van der Waals surface area contributed by atoms with Crippen LogP contribution in [-0.4, -0.2) is 30.2 Å². The van der Waals surface area contributed by atoms with Crippen LogP contribution in [-0.2, 0) is 9.63 Å². The summed E-state index contributed by atoms with van der Waals surface area (Å²) in [5.74, 6) is -0.139. The summed E-state index contributed by atoms with van der Waals surface area (Å²) in [6.07, 6.45) is 4.15. The van der Waals surface area contributed by atoms with Crippen LogP contribution in [0.1, 0.15) is 19.3 Å². The maximum Gasteiger partial charge on any atom is 0.263 e. The number of carbonyl (C=O) groups is 1. The molecule has 0 radical (unpaired) electrons. The van der Waals surface area contributed by atoms with E-state index < -0.39 is 6.04 Å². The van der Waals surface area contributed by atoms with Gasteiger partial charge in [-0.25, -0.2) is 5.06 Å². The van der Waals surface area contributed by atoms with E-state index in [0.29, 0.717) is 19.6 Å². The van der Waals surface area contributed by atoms with Crippen molar-refractivity contribution in [2.45, 2.75) is 25.3 Å². The highest BCUT2D eigenvalue weighted by Crippen LogP contribution is 2.08. The first kappa shape index (κ1) is 10.2. The molecule has 1 rings (SSSR count). The van der Waals surface area contributed by atoms with Crippen molar-refractivity contribution in [3.8, 4) is 0 Å². The summed E-state index contributed by atoms with van der Waals surface area (Å²) in [4.78, 5) is 16.7. The van der Waals surface area contributed by atoms with Crippen molar-refractivity contribution in [2.75, 3.05) is 13.2 Å². The minimum atomic E-state index is -0.504. The number of hydrogen-bond donors (Lipinski definition) is 1. The molecule has 13 heavy (non-hydrogen) atoms. The Morgan fingerprint density at radius 1 is 1.69 bits per heavy atom. The third kappa shape index (κ3) is 2.82. The molecule has 0 saturated carbocycles. The minimum Gasteiger partial charge on any atom is -0.320 e. The van der Waals surface area contributed by atoms with Crippen molar-refractivity contribution in [3.05, 3.63) is 12.7 Å². The van der Waals surface area contributed by atoms with E-state index in [1.54, 1.807) is 6.08 Å². The van der Waals surface area contributed by atoms with E-state index in [0.717, 1.165) is 12.8 Å². The quantitative estimate of drug-likeness (QED) is 0.648. The van der Waals surface area contributed by atoms with Gasteiger partial charge in [-0.2, -0.15) is 0 Å². The molecule has 4 heteroatoms. The fraction of sp³-hybridized carbons (Fsp3) is 0.667. The zero-order valence-corrected chi connectivity index (χ0v) is 7.74. The Balaban J connectivity index is 2.40. The van der Waals surface area contributed by atoms with Crippen LogP contribution in [0.3, 0.4) is 0 Å². The SMILES string of the molecule is C=CCC(N)C(=O)N1CCCCO1. The van der Waals surface area contributed by atoms with Crippen LogP contribution in [0.2, 0.25) is 0 Å². The number of nitrogens with two attached hydrogens (primary N) is 1. The first-order valence-corrected chi connectivity index (χ1v) is 4.56. The molecule has 1 fully saturated rings. The smallest absolute Gasteiger partial charge is 0.263 e. The van der Waals surface area contributed by atoms with Crippen LogP contribution >= 0.6 is 0 Å². The van der Waals surface area contributed by atoms with E-state index in [-0.39, 0.29) is 5.91 Å². The summed E-state index contributed by atoms with van der Waals surface area (Å²) < 4.78 is 0. The fourth-order valence-corrected chi connectivity index (χ4v) is 1.24. The van der Waals surface area contributed by atoms with E-state index in [1.165, 1.54) is 5.06 Å². The van der Waals surface area contributed by atoms with Crippen LogP contribution in [0.5, 0.6) is 0 Å². The molecule has 74 valence electrons. The molecule has 1 heterocycles. The Hall–Kier alpha value is -0.870. The summed E-state index contributed by atoms with van der Waals surface area (Å²) in [5, 5.41) is 1.37. The zero-order chi connectivity index (χ0) is 9.68. The predicted octanol–water partition coefficient (Wildman–Crippen LogP) is 0.444. The lowest BCUT2D eigenvalue weighted by atomic mass is 10.2. The molecule has 0 aromatic rings. The maximum atomic E-state index is 11.5. The van der Waals surface area contributed by atoms with Crippen LogP contribution in [0.4, 0.5) is 0 Å². The van der Waals surface area contributed by atoms with Crippen LogP contribution in [0.25, 0.3) is 0 Å². The molecule has 1 amide bonds. The second-order valence-corrected chi connectivity index (χ2v) is 3.11. The summed E-state index contributed by atoms with van der Waals surface area (Å²) in [5.41, 5.74) is 5.62.